The van der Waals surface area contributed by atoms with Crippen LogP contribution in [-0.4, -0.2) is 30.7 Å². The maximum Gasteiger partial charge on any atom is 0.0569 e. The van der Waals surface area contributed by atoms with Crippen LogP contribution < -0.4 is 0 Å². The van der Waals surface area contributed by atoms with Gasteiger partial charge in [-0.3, -0.25) is 0 Å². The zero-order valence-corrected chi connectivity index (χ0v) is 10.4. The fourth-order valence-corrected chi connectivity index (χ4v) is 1.22. The van der Waals surface area contributed by atoms with Crippen LogP contribution >= 0.6 is 0 Å². The molecule has 0 saturated carbocycles. The fourth-order valence-electron chi connectivity index (χ4n) is 1.22. The summed E-state index contributed by atoms with van der Waals surface area (Å²) in [5.74, 6) is 0. The number of ether oxygens (including phenoxy) is 2. The Kier molecular flexibility index (Phi) is 6.97. The van der Waals surface area contributed by atoms with E-state index >= 15 is 0 Å². The molecule has 3 unspecified atom stereocenters. The third-order valence-corrected chi connectivity index (χ3v) is 1.90. The molecule has 0 spiro atoms. The maximum absolute atomic E-state index is 9.30. The number of hydrogen-bond donors (Lipinski definition) is 1. The van der Waals surface area contributed by atoms with Crippen molar-refractivity contribution in [2.24, 2.45) is 0 Å². The van der Waals surface area contributed by atoms with E-state index in [4.69, 9.17) is 9.47 Å². The van der Waals surface area contributed by atoms with Crippen LogP contribution in [-0.2, 0) is 42.2 Å². The summed E-state index contributed by atoms with van der Waals surface area (Å²) in [6.07, 6.45) is 2.72. The first-order chi connectivity index (χ1) is 5.26. The topological polar surface area (TPSA) is 38.7 Å². The first-order valence-corrected chi connectivity index (χ1v) is 3.97. The van der Waals surface area contributed by atoms with Gasteiger partial charge in [-0.15, -0.1) is 0 Å². The van der Waals surface area contributed by atoms with Crippen LogP contribution in [0.25, 0.3) is 0 Å². The molecule has 3 nitrogen and oxygen atoms in total. The van der Waals surface area contributed by atoms with Gasteiger partial charge in [0, 0.05) is 46.1 Å². The predicted octanol–water partition coefficient (Wildman–Crippen LogP) is 0.720. The largest absolute Gasteiger partial charge is 0.425 e. The standard InChI is InChI=1S/C8H15O3.Y/c1-3-7-4-6(9)5-8(10-2)11-7;/h5-9H,3-4H2,1-2H3;/q-1;. The van der Waals surface area contributed by atoms with Crippen molar-refractivity contribution in [2.75, 3.05) is 7.11 Å². The average molecular weight is 248 g/mol. The molecule has 3 atom stereocenters. The smallest absolute Gasteiger partial charge is 0.0569 e. The minimum absolute atomic E-state index is 0. The molecule has 0 bridgehead atoms. The molecule has 0 amide bonds. The second-order valence-electron chi connectivity index (χ2n) is 2.77. The van der Waals surface area contributed by atoms with Gasteiger partial charge in [0.2, 0.25) is 0 Å². The minimum Gasteiger partial charge on any atom is -0.425 e. The van der Waals surface area contributed by atoms with E-state index in [2.05, 4.69) is 0 Å². The summed E-state index contributed by atoms with van der Waals surface area (Å²) < 4.78 is 10.4. The summed E-state index contributed by atoms with van der Waals surface area (Å²) >= 11 is 0. The first-order valence-electron chi connectivity index (χ1n) is 3.97. The molecule has 1 aliphatic heterocycles. The van der Waals surface area contributed by atoms with Gasteiger partial charge in [0.25, 0.3) is 0 Å². The van der Waals surface area contributed by atoms with Crippen LogP contribution in [0.1, 0.15) is 19.8 Å². The summed E-state index contributed by atoms with van der Waals surface area (Å²) in [4.78, 5) is 0. The van der Waals surface area contributed by atoms with Gasteiger partial charge in [-0.05, 0) is 12.8 Å². The normalized spacial score (nSPS) is 35.8. The van der Waals surface area contributed by atoms with Gasteiger partial charge >= 0.3 is 0 Å². The molecular weight excluding hydrogens is 233 g/mol. The summed E-state index contributed by atoms with van der Waals surface area (Å²) in [5.41, 5.74) is 0. The van der Waals surface area contributed by atoms with Crippen molar-refractivity contribution in [3.8, 4) is 0 Å². The molecule has 0 aromatic rings. The maximum atomic E-state index is 9.30. The average Bonchev–Trinajstić information content (AvgIpc) is 2.03. The van der Waals surface area contributed by atoms with Crippen LogP contribution in [0.3, 0.4) is 0 Å². The van der Waals surface area contributed by atoms with Crippen LogP contribution in [0, 0.1) is 6.42 Å². The third kappa shape index (κ3) is 3.80. The van der Waals surface area contributed by atoms with Crippen LogP contribution in [0.2, 0.25) is 0 Å². The fraction of sp³-hybridized carbons (Fsp3) is 0.875. The monoisotopic (exact) mass is 248 g/mol. The molecule has 4 heteroatoms. The molecular formula is C8H15O3Y-. The van der Waals surface area contributed by atoms with Gasteiger partial charge in [-0.2, -0.15) is 0 Å². The molecule has 1 radical (unpaired) electrons. The van der Waals surface area contributed by atoms with Gasteiger partial charge in [0.05, 0.1) is 6.10 Å². The Bertz CT molecular complexity index is 109. The Hall–Kier alpha value is 0.984. The van der Waals surface area contributed by atoms with Gasteiger partial charge in [-0.25, -0.2) is 6.42 Å². The van der Waals surface area contributed by atoms with Crippen molar-refractivity contribution in [1.82, 2.24) is 0 Å². The Balaban J connectivity index is 0.00000121. The van der Waals surface area contributed by atoms with E-state index in [1.807, 2.05) is 6.92 Å². The molecule has 12 heavy (non-hydrogen) atoms. The second-order valence-corrected chi connectivity index (χ2v) is 2.77. The molecule has 69 valence electrons. The van der Waals surface area contributed by atoms with Crippen molar-refractivity contribution >= 4 is 0 Å². The molecule has 1 heterocycles. The van der Waals surface area contributed by atoms with Crippen molar-refractivity contribution < 1.29 is 47.3 Å². The molecule has 1 fully saturated rings. The van der Waals surface area contributed by atoms with Gasteiger partial charge in [-0.1, -0.05) is 13.0 Å². The van der Waals surface area contributed by atoms with E-state index in [0.29, 0.717) is 6.42 Å². The van der Waals surface area contributed by atoms with Crippen molar-refractivity contribution in [1.29, 1.82) is 0 Å². The molecule has 1 N–H and O–H groups in total. The first kappa shape index (κ1) is 13.0. The SMILES string of the molecule is CCC1CC(O)[CH-]C(OC)O1.[Y]. The second kappa shape index (κ2) is 6.44. The van der Waals surface area contributed by atoms with Gasteiger partial charge < -0.3 is 14.6 Å². The Morgan fingerprint density at radius 2 is 2.33 bits per heavy atom. The summed E-state index contributed by atoms with van der Waals surface area (Å²) in [7, 11) is 1.58. The van der Waals surface area contributed by atoms with E-state index in [0.717, 1.165) is 6.42 Å². The zero-order valence-electron chi connectivity index (χ0n) is 7.56. The molecule has 1 saturated heterocycles. The number of hydrogen-bond acceptors (Lipinski definition) is 3. The van der Waals surface area contributed by atoms with E-state index < -0.39 is 0 Å². The summed E-state index contributed by atoms with van der Waals surface area (Å²) in [6, 6.07) is 0. The van der Waals surface area contributed by atoms with Crippen LogP contribution in [0.5, 0.6) is 0 Å². The number of aliphatic hydroxyl groups excluding tert-OH is 1. The molecule has 1 rings (SSSR count). The molecule has 0 aromatic carbocycles. The minimum atomic E-state index is -0.376. The molecule has 0 aromatic heterocycles. The number of aliphatic hydroxyl groups is 1. The summed E-state index contributed by atoms with van der Waals surface area (Å²) in [5, 5.41) is 9.30. The van der Waals surface area contributed by atoms with E-state index in [9.17, 15) is 5.11 Å². The summed E-state index contributed by atoms with van der Waals surface area (Å²) in [6.45, 7) is 2.04. The van der Waals surface area contributed by atoms with Crippen molar-refractivity contribution in [3.05, 3.63) is 6.42 Å². The van der Waals surface area contributed by atoms with Crippen LogP contribution in [0.15, 0.2) is 0 Å². The molecule has 0 aliphatic carbocycles. The number of rotatable bonds is 2. The van der Waals surface area contributed by atoms with E-state index in [-0.39, 0.29) is 51.2 Å². The molecule has 1 aliphatic rings. The predicted molar refractivity (Wildman–Crippen MR) is 40.9 cm³/mol. The van der Waals surface area contributed by atoms with E-state index in [1.165, 1.54) is 0 Å². The quantitative estimate of drug-likeness (QED) is 0.732. The van der Waals surface area contributed by atoms with Crippen molar-refractivity contribution in [2.45, 2.75) is 38.3 Å². The van der Waals surface area contributed by atoms with Crippen molar-refractivity contribution in [3.63, 3.8) is 0 Å². The van der Waals surface area contributed by atoms with E-state index in [1.54, 1.807) is 13.5 Å². The Morgan fingerprint density at radius 3 is 2.83 bits per heavy atom. The number of methoxy groups -OCH3 is 1. The zero-order chi connectivity index (χ0) is 8.27. The van der Waals surface area contributed by atoms with Crippen LogP contribution in [0.4, 0.5) is 0 Å². The van der Waals surface area contributed by atoms with Gasteiger partial charge in [0.15, 0.2) is 0 Å². The van der Waals surface area contributed by atoms with Gasteiger partial charge in [0.1, 0.15) is 0 Å². The Morgan fingerprint density at radius 1 is 1.67 bits per heavy atom. The third-order valence-electron chi connectivity index (χ3n) is 1.90. The Labute approximate surface area is 98.7 Å².